The van der Waals surface area contributed by atoms with Gasteiger partial charge in [-0.1, -0.05) is 108 Å². The van der Waals surface area contributed by atoms with E-state index in [9.17, 15) is 14.7 Å². The lowest BCUT2D eigenvalue weighted by Gasteiger charge is -2.22. The first-order chi connectivity index (χ1) is 22.7. The summed E-state index contributed by atoms with van der Waals surface area (Å²) in [5.41, 5.74) is 5.20. The fourth-order valence-corrected chi connectivity index (χ4v) is 7.64. The highest BCUT2D eigenvalue weighted by atomic mass is 35.5. The molecule has 47 heavy (non-hydrogen) atoms. The topological polar surface area (TPSA) is 92.6 Å². The van der Waals surface area contributed by atoms with E-state index in [1.165, 1.54) is 28.0 Å². The number of hydrogen-bond donors (Lipinski definition) is 1. The summed E-state index contributed by atoms with van der Waals surface area (Å²) in [5, 5.41) is 21.5. The van der Waals surface area contributed by atoms with E-state index in [2.05, 4.69) is 10.2 Å². The highest BCUT2D eigenvalue weighted by Crippen LogP contribution is 2.44. The summed E-state index contributed by atoms with van der Waals surface area (Å²) in [5.74, 6) is -0.754. The van der Waals surface area contributed by atoms with E-state index >= 15 is 0 Å². The van der Waals surface area contributed by atoms with E-state index in [4.69, 9.17) is 27.9 Å². The maximum absolute atomic E-state index is 13.6. The minimum Gasteiger partial charge on any atom is -0.507 e. The van der Waals surface area contributed by atoms with Crippen LogP contribution in [0.2, 0.25) is 10.0 Å². The number of carbonyl (C=O) groups excluding carboxylic acids is 2. The number of aryl methyl sites for hydroxylation is 2. The van der Waals surface area contributed by atoms with Crippen LogP contribution in [0.25, 0.3) is 5.76 Å². The maximum atomic E-state index is 13.6. The molecule has 0 saturated carbocycles. The van der Waals surface area contributed by atoms with Crippen LogP contribution in [0.1, 0.15) is 46.3 Å². The lowest BCUT2D eigenvalue weighted by atomic mass is 9.94. The smallest absolute Gasteiger partial charge is 0.301 e. The van der Waals surface area contributed by atoms with E-state index < -0.39 is 17.7 Å². The monoisotopic (exact) mass is 701 g/mol. The minimum atomic E-state index is -0.908. The number of ether oxygens (including phenoxy) is 1. The molecule has 0 radical (unpaired) electrons. The normalized spacial score (nSPS) is 15.7. The third kappa shape index (κ3) is 7.09. The number of rotatable bonds is 10. The molecule has 6 rings (SSSR count). The molecule has 7 nitrogen and oxygen atoms in total. The van der Waals surface area contributed by atoms with Gasteiger partial charge in [-0.2, -0.15) is 0 Å². The van der Waals surface area contributed by atoms with Gasteiger partial charge in [0, 0.05) is 21.4 Å². The van der Waals surface area contributed by atoms with Crippen LogP contribution in [0, 0.1) is 6.92 Å². The van der Waals surface area contributed by atoms with Gasteiger partial charge in [-0.3, -0.25) is 14.5 Å². The Bertz CT molecular complexity index is 1980. The molecular formula is C36H29Cl2N3O4S2. The highest BCUT2D eigenvalue weighted by Gasteiger charge is 2.48. The van der Waals surface area contributed by atoms with Crippen LogP contribution < -0.4 is 9.64 Å². The Morgan fingerprint density at radius 3 is 2.40 bits per heavy atom. The number of benzene rings is 4. The van der Waals surface area contributed by atoms with Crippen molar-refractivity contribution < 1.29 is 19.4 Å². The zero-order valence-electron chi connectivity index (χ0n) is 25.4. The number of Topliss-reactive ketones (excluding diaryl/α,β-unsaturated/α-hetero) is 1. The number of carbonyl (C=O) groups is 2. The Labute approximate surface area is 290 Å². The van der Waals surface area contributed by atoms with E-state index in [-0.39, 0.29) is 16.5 Å². The first kappa shape index (κ1) is 32.8. The predicted octanol–water partition coefficient (Wildman–Crippen LogP) is 9.21. The van der Waals surface area contributed by atoms with Gasteiger partial charge in [0.1, 0.15) is 18.1 Å². The summed E-state index contributed by atoms with van der Waals surface area (Å²) in [6.07, 6.45) is 0.827. The third-order valence-electron chi connectivity index (χ3n) is 7.90. The van der Waals surface area contributed by atoms with Crippen molar-refractivity contribution in [3.8, 4) is 5.75 Å². The number of ketones is 1. The largest absolute Gasteiger partial charge is 0.507 e. The first-order valence-electron chi connectivity index (χ1n) is 14.8. The minimum absolute atomic E-state index is 0.0230. The van der Waals surface area contributed by atoms with Gasteiger partial charge in [-0.05, 0) is 77.6 Å². The molecule has 1 atom stereocenters. The number of amides is 1. The summed E-state index contributed by atoms with van der Waals surface area (Å²) >= 11 is 15.0. The van der Waals surface area contributed by atoms with Crippen molar-refractivity contribution in [2.75, 3.05) is 4.90 Å². The summed E-state index contributed by atoms with van der Waals surface area (Å²) in [7, 11) is 0. The van der Waals surface area contributed by atoms with Crippen molar-refractivity contribution in [2.45, 2.75) is 43.0 Å². The van der Waals surface area contributed by atoms with E-state index in [1.54, 1.807) is 36.4 Å². The van der Waals surface area contributed by atoms with Crippen LogP contribution >= 0.6 is 46.3 Å². The lowest BCUT2D eigenvalue weighted by Crippen LogP contribution is -2.29. The molecule has 4 aromatic carbocycles. The van der Waals surface area contributed by atoms with Crippen molar-refractivity contribution in [1.82, 2.24) is 10.2 Å². The van der Waals surface area contributed by atoms with Crippen molar-refractivity contribution in [1.29, 1.82) is 0 Å². The van der Waals surface area contributed by atoms with Gasteiger partial charge in [-0.15, -0.1) is 10.2 Å². The second-order valence-electron chi connectivity index (χ2n) is 10.9. The van der Waals surface area contributed by atoms with Crippen molar-refractivity contribution >= 4 is 68.9 Å². The zero-order chi connectivity index (χ0) is 33.1. The average molecular weight is 703 g/mol. The number of aliphatic hydroxyl groups excluding tert-OH is 1. The second-order valence-corrected chi connectivity index (χ2v) is 13.9. The molecule has 0 spiro atoms. The molecule has 1 unspecified atom stereocenters. The maximum Gasteiger partial charge on any atom is 0.301 e. The molecule has 2 heterocycles. The van der Waals surface area contributed by atoms with Gasteiger partial charge >= 0.3 is 5.91 Å². The summed E-state index contributed by atoms with van der Waals surface area (Å²) in [6.45, 7) is 4.47. The van der Waals surface area contributed by atoms with Gasteiger partial charge in [-0.25, -0.2) is 0 Å². The van der Waals surface area contributed by atoms with Crippen molar-refractivity contribution in [2.24, 2.45) is 0 Å². The van der Waals surface area contributed by atoms with E-state index in [0.29, 0.717) is 43.6 Å². The summed E-state index contributed by atoms with van der Waals surface area (Å²) < 4.78 is 6.56. The van der Waals surface area contributed by atoms with Gasteiger partial charge in [0.25, 0.3) is 5.78 Å². The SMILES string of the molecule is CCc1ccc(C2/C(=C(\O)c3ccc(OCc4ccccc4C)cc3)C(=O)C(=O)N2c2nnc(SCc3ccc(Cl)cc3Cl)s2)cc1. The van der Waals surface area contributed by atoms with Gasteiger partial charge in [0.05, 0.1) is 11.6 Å². The fourth-order valence-electron chi connectivity index (χ4n) is 5.21. The molecule has 1 aliphatic heterocycles. The Balaban J connectivity index is 1.30. The third-order valence-corrected chi connectivity index (χ3v) is 10.6. The number of halogens is 2. The summed E-state index contributed by atoms with van der Waals surface area (Å²) in [6, 6.07) is 26.8. The lowest BCUT2D eigenvalue weighted by molar-refractivity contribution is -0.132. The molecule has 0 bridgehead atoms. The number of anilines is 1. The number of hydrogen-bond acceptors (Lipinski definition) is 8. The van der Waals surface area contributed by atoms with Crippen LogP contribution in [0.5, 0.6) is 5.75 Å². The Kier molecular flexibility index (Phi) is 9.98. The van der Waals surface area contributed by atoms with Crippen LogP contribution in [-0.4, -0.2) is 27.0 Å². The quantitative estimate of drug-likeness (QED) is 0.0510. The standard InChI is InChI=1S/C36H29Cl2N3O4S2/c1-3-22-8-10-23(11-9-22)31-30(32(42)24-13-16-28(17-14-24)45-19-25-7-5-4-6-21(25)2)33(43)34(44)41(31)35-39-40-36(47-35)46-20-26-12-15-27(37)18-29(26)38/h4-18,31,42H,3,19-20H2,1-2H3/b32-30+. The molecule has 238 valence electrons. The van der Waals surface area contributed by atoms with E-state index in [1.807, 2.05) is 68.4 Å². The molecular weight excluding hydrogens is 673 g/mol. The first-order valence-corrected chi connectivity index (χ1v) is 17.4. The second kappa shape index (κ2) is 14.3. The van der Waals surface area contributed by atoms with E-state index in [0.717, 1.165) is 28.7 Å². The molecule has 0 aliphatic carbocycles. The number of aromatic nitrogens is 2. The molecule has 11 heteroatoms. The Morgan fingerprint density at radius 2 is 1.70 bits per heavy atom. The summed E-state index contributed by atoms with van der Waals surface area (Å²) in [4.78, 5) is 28.6. The van der Waals surface area contributed by atoms with Crippen LogP contribution in [-0.2, 0) is 28.4 Å². The number of aliphatic hydroxyl groups is 1. The van der Waals surface area contributed by atoms with Crippen molar-refractivity contribution in [3.63, 3.8) is 0 Å². The fraction of sp³-hybridized carbons (Fsp3) is 0.167. The molecule has 5 aromatic rings. The van der Waals surface area contributed by atoms with Gasteiger partial charge < -0.3 is 9.84 Å². The predicted molar refractivity (Wildman–Crippen MR) is 188 cm³/mol. The molecule has 1 amide bonds. The van der Waals surface area contributed by atoms with Crippen LogP contribution in [0.4, 0.5) is 5.13 Å². The zero-order valence-corrected chi connectivity index (χ0v) is 28.6. The number of thioether (sulfide) groups is 1. The Morgan fingerprint density at radius 1 is 0.957 bits per heavy atom. The van der Waals surface area contributed by atoms with Crippen molar-refractivity contribution in [3.05, 3.63) is 140 Å². The van der Waals surface area contributed by atoms with Crippen LogP contribution in [0.3, 0.4) is 0 Å². The van der Waals surface area contributed by atoms with Gasteiger partial charge in [0.15, 0.2) is 4.34 Å². The van der Waals surface area contributed by atoms with Crippen LogP contribution in [0.15, 0.2) is 101 Å². The number of nitrogens with zero attached hydrogens (tertiary/aromatic N) is 3. The molecule has 1 N–H and O–H groups in total. The molecule has 1 saturated heterocycles. The Hall–Kier alpha value is -4.15. The molecule has 1 fully saturated rings. The average Bonchev–Trinajstić information content (AvgIpc) is 3.65. The van der Waals surface area contributed by atoms with Gasteiger partial charge in [0.2, 0.25) is 5.13 Å². The molecule has 1 aliphatic rings. The highest BCUT2D eigenvalue weighted by molar-refractivity contribution is 8.00. The molecule has 1 aromatic heterocycles.